The summed E-state index contributed by atoms with van der Waals surface area (Å²) in [6.07, 6.45) is 0.562. The molecule has 1 aliphatic carbocycles. The van der Waals surface area contributed by atoms with Crippen molar-refractivity contribution in [3.05, 3.63) is 29.3 Å². The molecule has 1 aliphatic rings. The molecule has 4 nitrogen and oxygen atoms in total. The third-order valence-electron chi connectivity index (χ3n) is 3.40. The molecule has 0 bridgehead atoms. The first-order valence-corrected chi connectivity index (χ1v) is 6.75. The summed E-state index contributed by atoms with van der Waals surface area (Å²) >= 11 is 0. The van der Waals surface area contributed by atoms with E-state index in [1.165, 1.54) is 0 Å². The number of ketones is 1. The van der Waals surface area contributed by atoms with Crippen molar-refractivity contribution in [1.82, 2.24) is 0 Å². The van der Waals surface area contributed by atoms with Crippen LogP contribution in [0.2, 0.25) is 0 Å². The van der Waals surface area contributed by atoms with Gasteiger partial charge in [-0.15, -0.1) is 0 Å². The van der Waals surface area contributed by atoms with Gasteiger partial charge in [-0.05, 0) is 45.4 Å². The number of hydrogen-bond donors (Lipinski definition) is 0. The number of hydrogen-bond acceptors (Lipinski definition) is 4. The summed E-state index contributed by atoms with van der Waals surface area (Å²) in [5, 5.41) is 0. The van der Waals surface area contributed by atoms with E-state index in [1.54, 1.807) is 25.3 Å². The maximum absolute atomic E-state index is 12.0. The van der Waals surface area contributed by atoms with E-state index < -0.39 is 5.41 Å². The van der Waals surface area contributed by atoms with E-state index in [2.05, 4.69) is 0 Å². The van der Waals surface area contributed by atoms with Crippen LogP contribution < -0.4 is 4.74 Å². The van der Waals surface area contributed by atoms with Crippen LogP contribution in [0.5, 0.6) is 5.75 Å². The van der Waals surface area contributed by atoms with Gasteiger partial charge >= 0.3 is 5.97 Å². The lowest BCUT2D eigenvalue weighted by atomic mass is 9.87. The molecular formula is C16H20O4. The Morgan fingerprint density at radius 1 is 1.30 bits per heavy atom. The van der Waals surface area contributed by atoms with E-state index in [0.717, 1.165) is 5.56 Å². The minimum atomic E-state index is -0.555. The molecule has 1 unspecified atom stereocenters. The maximum atomic E-state index is 12.0. The fourth-order valence-corrected chi connectivity index (χ4v) is 2.17. The number of benzene rings is 1. The molecule has 0 aromatic heterocycles. The zero-order valence-corrected chi connectivity index (χ0v) is 12.4. The second-order valence-corrected chi connectivity index (χ2v) is 6.06. The maximum Gasteiger partial charge on any atom is 0.311 e. The number of ether oxygens (including phenoxy) is 2. The normalized spacial score (nSPS) is 18.4. The second-order valence-electron chi connectivity index (χ2n) is 6.06. The van der Waals surface area contributed by atoms with Crippen molar-refractivity contribution < 1.29 is 19.1 Å². The summed E-state index contributed by atoms with van der Waals surface area (Å²) < 4.78 is 10.8. The highest BCUT2D eigenvalue weighted by Gasteiger charge is 2.32. The van der Waals surface area contributed by atoms with Gasteiger partial charge in [0.1, 0.15) is 11.9 Å². The quantitative estimate of drug-likeness (QED) is 0.778. The van der Waals surface area contributed by atoms with Gasteiger partial charge in [0.25, 0.3) is 0 Å². The van der Waals surface area contributed by atoms with Gasteiger partial charge in [-0.1, -0.05) is 0 Å². The Kier molecular flexibility index (Phi) is 3.84. The predicted octanol–water partition coefficient (Wildman–Crippen LogP) is 3.30. The van der Waals surface area contributed by atoms with Gasteiger partial charge in [0.15, 0.2) is 5.78 Å². The number of methoxy groups -OCH3 is 1. The van der Waals surface area contributed by atoms with Gasteiger partial charge in [0.2, 0.25) is 0 Å². The Morgan fingerprint density at radius 3 is 2.60 bits per heavy atom. The van der Waals surface area contributed by atoms with Crippen molar-refractivity contribution in [3.8, 4) is 5.75 Å². The predicted molar refractivity (Wildman–Crippen MR) is 74.8 cm³/mol. The lowest BCUT2D eigenvalue weighted by Gasteiger charge is -2.28. The third-order valence-corrected chi connectivity index (χ3v) is 3.40. The average Bonchev–Trinajstić information content (AvgIpc) is 2.40. The third kappa shape index (κ3) is 2.84. The summed E-state index contributed by atoms with van der Waals surface area (Å²) in [6, 6.07) is 5.28. The fraction of sp³-hybridized carbons (Fsp3) is 0.500. The monoisotopic (exact) mass is 276 g/mol. The molecule has 0 amide bonds. The summed E-state index contributed by atoms with van der Waals surface area (Å²) in [5.74, 6) is 0.492. The van der Waals surface area contributed by atoms with Gasteiger partial charge in [0.05, 0.1) is 12.5 Å². The van der Waals surface area contributed by atoms with Gasteiger partial charge in [-0.2, -0.15) is 0 Å². The van der Waals surface area contributed by atoms with E-state index in [0.29, 0.717) is 24.2 Å². The first-order valence-electron chi connectivity index (χ1n) is 6.75. The molecule has 0 aliphatic heterocycles. The number of fused-ring (bicyclic) bond motifs is 1. The molecule has 0 heterocycles. The Labute approximate surface area is 119 Å². The molecule has 0 fully saturated rings. The Hall–Kier alpha value is -1.84. The Balaban J connectivity index is 2.32. The Morgan fingerprint density at radius 2 is 2.00 bits per heavy atom. The molecule has 1 aromatic carbocycles. The number of carbonyl (C=O) groups excluding carboxylic acids is 2. The average molecular weight is 276 g/mol. The Bertz CT molecular complexity index is 540. The molecular weight excluding hydrogens is 256 g/mol. The van der Waals surface area contributed by atoms with Crippen molar-refractivity contribution in [3.63, 3.8) is 0 Å². The van der Waals surface area contributed by atoms with Gasteiger partial charge in [-0.25, -0.2) is 0 Å². The van der Waals surface area contributed by atoms with Crippen LogP contribution in [0, 0.1) is 5.41 Å². The molecule has 4 heteroatoms. The van der Waals surface area contributed by atoms with Gasteiger partial charge in [0, 0.05) is 17.5 Å². The standard InChI is InChI=1S/C16H20O4/c1-16(2,3)15(18)20-14-8-7-13(17)11-6-5-10(19-4)9-12(11)14/h5-6,9,14H,7-8H2,1-4H3. The minimum absolute atomic E-state index is 0.0886. The van der Waals surface area contributed by atoms with Crippen molar-refractivity contribution in [1.29, 1.82) is 0 Å². The van der Waals surface area contributed by atoms with E-state index >= 15 is 0 Å². The van der Waals surface area contributed by atoms with Crippen molar-refractivity contribution in [2.24, 2.45) is 5.41 Å². The van der Waals surface area contributed by atoms with Gasteiger partial charge in [-0.3, -0.25) is 9.59 Å². The molecule has 108 valence electrons. The SMILES string of the molecule is COc1ccc2c(c1)C(OC(=O)C(C)(C)C)CCC2=O. The first-order chi connectivity index (χ1) is 9.32. The summed E-state index contributed by atoms with van der Waals surface area (Å²) in [6.45, 7) is 5.45. The minimum Gasteiger partial charge on any atom is -0.497 e. The van der Waals surface area contributed by atoms with E-state index in [1.807, 2.05) is 20.8 Å². The van der Waals surface area contributed by atoms with E-state index in [9.17, 15) is 9.59 Å². The highest BCUT2D eigenvalue weighted by molar-refractivity contribution is 5.99. The van der Waals surface area contributed by atoms with Crippen molar-refractivity contribution >= 4 is 11.8 Å². The number of Topliss-reactive ketones (excluding diaryl/α,β-unsaturated/α-hetero) is 1. The van der Waals surface area contributed by atoms with Crippen LogP contribution in [0.4, 0.5) is 0 Å². The molecule has 20 heavy (non-hydrogen) atoms. The molecule has 0 N–H and O–H groups in total. The van der Waals surface area contributed by atoms with Crippen molar-refractivity contribution in [2.75, 3.05) is 7.11 Å². The smallest absolute Gasteiger partial charge is 0.311 e. The van der Waals surface area contributed by atoms with Crippen LogP contribution in [-0.2, 0) is 9.53 Å². The van der Waals surface area contributed by atoms with Crippen LogP contribution in [0.15, 0.2) is 18.2 Å². The highest BCUT2D eigenvalue weighted by atomic mass is 16.5. The van der Waals surface area contributed by atoms with E-state index in [4.69, 9.17) is 9.47 Å². The van der Waals surface area contributed by atoms with E-state index in [-0.39, 0.29) is 17.9 Å². The van der Waals surface area contributed by atoms with Crippen molar-refractivity contribution in [2.45, 2.75) is 39.7 Å². The van der Waals surface area contributed by atoms with Crippen LogP contribution in [0.3, 0.4) is 0 Å². The van der Waals surface area contributed by atoms with Crippen LogP contribution in [0.1, 0.15) is 55.6 Å². The van der Waals surface area contributed by atoms with Crippen LogP contribution in [0.25, 0.3) is 0 Å². The topological polar surface area (TPSA) is 52.6 Å². The molecule has 1 aromatic rings. The highest BCUT2D eigenvalue weighted by Crippen LogP contribution is 2.36. The molecule has 0 radical (unpaired) electrons. The molecule has 0 spiro atoms. The summed E-state index contributed by atoms with van der Waals surface area (Å²) in [4.78, 5) is 24.0. The largest absolute Gasteiger partial charge is 0.497 e. The second kappa shape index (κ2) is 5.27. The fourth-order valence-electron chi connectivity index (χ4n) is 2.17. The van der Waals surface area contributed by atoms with Crippen LogP contribution in [-0.4, -0.2) is 18.9 Å². The molecule has 1 atom stereocenters. The number of esters is 1. The summed E-state index contributed by atoms with van der Waals surface area (Å²) in [7, 11) is 1.57. The molecule has 0 saturated heterocycles. The van der Waals surface area contributed by atoms with Gasteiger partial charge < -0.3 is 9.47 Å². The lowest BCUT2D eigenvalue weighted by molar-refractivity contribution is -0.159. The summed E-state index contributed by atoms with van der Waals surface area (Å²) in [5.41, 5.74) is 0.822. The zero-order valence-electron chi connectivity index (χ0n) is 12.4. The number of carbonyl (C=O) groups is 2. The first kappa shape index (κ1) is 14.6. The molecule has 0 saturated carbocycles. The van der Waals surface area contributed by atoms with Crippen LogP contribution >= 0.6 is 0 Å². The lowest BCUT2D eigenvalue weighted by Crippen LogP contribution is -2.27. The molecule has 2 rings (SSSR count). The number of rotatable bonds is 2. The zero-order chi connectivity index (χ0) is 14.9.